The molecule has 1 amide bonds. The summed E-state index contributed by atoms with van der Waals surface area (Å²) in [5.41, 5.74) is 7.09. The predicted molar refractivity (Wildman–Crippen MR) is 136 cm³/mol. The number of carboxylic acids is 1. The molecule has 0 aliphatic rings. The number of anilines is 1. The van der Waals surface area contributed by atoms with Crippen molar-refractivity contribution in [1.29, 1.82) is 0 Å². The number of aromatic amines is 2. The average molecular weight is 518 g/mol. The van der Waals surface area contributed by atoms with Crippen molar-refractivity contribution in [2.45, 2.75) is 70.9 Å². The van der Waals surface area contributed by atoms with Gasteiger partial charge in [0.05, 0.1) is 17.1 Å². The van der Waals surface area contributed by atoms with Gasteiger partial charge in [-0.3, -0.25) is 19.4 Å². The van der Waals surface area contributed by atoms with Crippen molar-refractivity contribution >= 4 is 46.2 Å². The van der Waals surface area contributed by atoms with Gasteiger partial charge in [-0.15, -0.1) is 11.3 Å². The van der Waals surface area contributed by atoms with Crippen LogP contribution >= 0.6 is 11.3 Å². The molecule has 36 heavy (non-hydrogen) atoms. The summed E-state index contributed by atoms with van der Waals surface area (Å²) in [6, 6.07) is 2.53. The molecule has 3 aromatic heterocycles. The highest BCUT2D eigenvalue weighted by Crippen LogP contribution is 2.19. The monoisotopic (exact) mass is 517 g/mol. The van der Waals surface area contributed by atoms with Gasteiger partial charge in [0.2, 0.25) is 5.95 Å². The van der Waals surface area contributed by atoms with Gasteiger partial charge in [-0.05, 0) is 57.6 Å². The number of rotatable bonds is 13. The molecule has 194 valence electrons. The summed E-state index contributed by atoms with van der Waals surface area (Å²) in [5.74, 6) is -2.06. The molecule has 11 nitrogen and oxygen atoms in total. The number of carboxylic acid groups (broad SMARTS) is 1. The summed E-state index contributed by atoms with van der Waals surface area (Å²) < 4.78 is 5.29. The number of nitrogen functional groups attached to an aromatic ring is 1. The Morgan fingerprint density at radius 3 is 2.69 bits per heavy atom. The molecule has 6 N–H and O–H groups in total. The summed E-state index contributed by atoms with van der Waals surface area (Å²) in [7, 11) is 0. The fourth-order valence-electron chi connectivity index (χ4n) is 3.59. The number of unbranched alkanes of at least 4 members (excludes halogenated alkanes) is 1. The summed E-state index contributed by atoms with van der Waals surface area (Å²) >= 11 is 1.45. The number of H-pyrrole nitrogens is 2. The number of carbonyl (C=O) groups is 3. The minimum atomic E-state index is -1.05. The van der Waals surface area contributed by atoms with Crippen LogP contribution in [0, 0.1) is 0 Å². The number of nitrogens with one attached hydrogen (secondary N) is 3. The van der Waals surface area contributed by atoms with Crippen molar-refractivity contribution in [3.05, 3.63) is 44.0 Å². The second kappa shape index (κ2) is 12.3. The van der Waals surface area contributed by atoms with Crippen molar-refractivity contribution < 1.29 is 24.2 Å². The molecule has 0 spiro atoms. The van der Waals surface area contributed by atoms with E-state index in [0.29, 0.717) is 23.0 Å². The maximum Gasteiger partial charge on any atom is 0.328 e. The summed E-state index contributed by atoms with van der Waals surface area (Å²) in [6.07, 6.45) is 3.21. The number of carbonyl (C=O) groups excluding carboxylic acids is 2. The number of esters is 1. The molecular formula is C24H31N5O6S. The van der Waals surface area contributed by atoms with Crippen LogP contribution in [0.2, 0.25) is 0 Å². The third kappa shape index (κ3) is 7.41. The second-order valence-electron chi connectivity index (χ2n) is 8.63. The molecule has 3 rings (SSSR count). The van der Waals surface area contributed by atoms with Crippen LogP contribution in [-0.2, 0) is 27.2 Å². The fourth-order valence-corrected chi connectivity index (χ4v) is 4.50. The van der Waals surface area contributed by atoms with Crippen molar-refractivity contribution in [3.8, 4) is 0 Å². The number of ether oxygens (including phenoxy) is 1. The number of nitrogens with two attached hydrogens (primary N) is 1. The van der Waals surface area contributed by atoms with E-state index in [0.717, 1.165) is 36.3 Å². The van der Waals surface area contributed by atoms with Crippen LogP contribution in [0.3, 0.4) is 0 Å². The zero-order chi connectivity index (χ0) is 26.2. The summed E-state index contributed by atoms with van der Waals surface area (Å²) in [5, 5.41) is 13.8. The third-order valence-corrected chi connectivity index (χ3v) is 6.73. The van der Waals surface area contributed by atoms with Gasteiger partial charge in [0.25, 0.3) is 11.5 Å². The van der Waals surface area contributed by atoms with Crippen molar-refractivity contribution in [2.75, 3.05) is 5.73 Å². The quantitative estimate of drug-likeness (QED) is 0.169. The van der Waals surface area contributed by atoms with Gasteiger partial charge in [-0.1, -0.05) is 6.92 Å². The number of aromatic nitrogens is 3. The number of fused-ring (bicyclic) bond motifs is 1. The molecule has 3 aromatic rings. The smallest absolute Gasteiger partial charge is 0.328 e. The zero-order valence-electron chi connectivity index (χ0n) is 20.3. The molecule has 0 saturated heterocycles. The topological polar surface area (TPSA) is 180 Å². The van der Waals surface area contributed by atoms with Gasteiger partial charge in [0.1, 0.15) is 11.7 Å². The largest absolute Gasteiger partial charge is 0.481 e. The molecule has 0 saturated carbocycles. The SMILES string of the molecule is CCC(C)OC(=O)C(CCC(=O)O)NC(=O)c1csc(CCCCc2cc3c(=O)[nH]c(N)nc3[nH]2)c1. The molecule has 0 aliphatic heterocycles. The second-order valence-corrected chi connectivity index (χ2v) is 9.63. The number of aliphatic carboxylic acids is 1. The van der Waals surface area contributed by atoms with E-state index < -0.39 is 23.9 Å². The maximum absolute atomic E-state index is 12.7. The van der Waals surface area contributed by atoms with Crippen molar-refractivity contribution in [2.24, 2.45) is 0 Å². The standard InChI is InChI=1S/C24H31N5O6S/c1-3-13(2)35-23(34)18(8-9-19(30)31)27-21(32)14-10-16(36-12-14)7-5-4-6-15-11-17-20(26-15)28-24(25)29-22(17)33/h10-13,18H,3-9H2,1-2H3,(H,27,32)(H,30,31)(H4,25,26,28,29,33). The lowest BCUT2D eigenvalue weighted by Gasteiger charge is -2.19. The van der Waals surface area contributed by atoms with Crippen LogP contribution in [-0.4, -0.2) is 50.1 Å². The first-order valence-electron chi connectivity index (χ1n) is 11.8. The highest BCUT2D eigenvalue weighted by molar-refractivity contribution is 7.10. The highest BCUT2D eigenvalue weighted by Gasteiger charge is 2.25. The number of nitrogens with zero attached hydrogens (tertiary/aromatic N) is 1. The Balaban J connectivity index is 1.52. The molecule has 2 atom stereocenters. The number of thiophene rings is 1. The molecule has 0 aromatic carbocycles. The van der Waals surface area contributed by atoms with Crippen molar-refractivity contribution in [3.63, 3.8) is 0 Å². The average Bonchev–Trinajstić information content (AvgIpc) is 3.46. The lowest BCUT2D eigenvalue weighted by Crippen LogP contribution is -2.43. The normalized spacial score (nSPS) is 12.8. The Bertz CT molecular complexity index is 1280. The van der Waals surface area contributed by atoms with Crippen LogP contribution < -0.4 is 16.6 Å². The fraction of sp³-hybridized carbons (Fsp3) is 0.458. The molecule has 3 heterocycles. The number of amides is 1. The highest BCUT2D eigenvalue weighted by atomic mass is 32.1. The summed E-state index contributed by atoms with van der Waals surface area (Å²) in [4.78, 5) is 58.8. The Labute approximate surface area is 211 Å². The van der Waals surface area contributed by atoms with Crippen LogP contribution in [0.5, 0.6) is 0 Å². The Kier molecular flexibility index (Phi) is 9.23. The van der Waals surface area contributed by atoms with Crippen LogP contribution in [0.15, 0.2) is 22.3 Å². The van der Waals surface area contributed by atoms with E-state index in [1.54, 1.807) is 24.4 Å². The molecule has 0 aliphatic carbocycles. The Morgan fingerprint density at radius 2 is 1.97 bits per heavy atom. The van der Waals surface area contributed by atoms with Gasteiger partial charge < -0.3 is 25.9 Å². The van der Waals surface area contributed by atoms with Gasteiger partial charge in [0.15, 0.2) is 0 Å². The van der Waals surface area contributed by atoms with E-state index >= 15 is 0 Å². The molecule has 12 heteroatoms. The maximum atomic E-state index is 12.7. The number of hydrogen-bond acceptors (Lipinski definition) is 8. The number of aryl methyl sites for hydroxylation is 2. The van der Waals surface area contributed by atoms with Crippen LogP contribution in [0.1, 0.15) is 66.9 Å². The molecular weight excluding hydrogens is 486 g/mol. The summed E-state index contributed by atoms with van der Waals surface area (Å²) in [6.45, 7) is 3.61. The zero-order valence-corrected chi connectivity index (χ0v) is 21.1. The molecule has 0 bridgehead atoms. The van der Waals surface area contributed by atoms with Gasteiger partial charge >= 0.3 is 11.9 Å². The lowest BCUT2D eigenvalue weighted by molar-refractivity contribution is -0.151. The van der Waals surface area contributed by atoms with E-state index in [2.05, 4.69) is 20.3 Å². The first-order valence-corrected chi connectivity index (χ1v) is 12.7. The van der Waals surface area contributed by atoms with E-state index in [9.17, 15) is 19.2 Å². The minimum Gasteiger partial charge on any atom is -0.481 e. The lowest BCUT2D eigenvalue weighted by atomic mass is 10.1. The predicted octanol–water partition coefficient (Wildman–Crippen LogP) is 2.77. The van der Waals surface area contributed by atoms with Crippen LogP contribution in [0.25, 0.3) is 11.0 Å². The first-order chi connectivity index (χ1) is 17.2. The van der Waals surface area contributed by atoms with E-state index in [-0.39, 0.29) is 30.5 Å². The van der Waals surface area contributed by atoms with Crippen molar-refractivity contribution in [1.82, 2.24) is 20.3 Å². The van der Waals surface area contributed by atoms with Crippen LogP contribution in [0.4, 0.5) is 5.95 Å². The molecule has 0 radical (unpaired) electrons. The number of hydrogen-bond donors (Lipinski definition) is 5. The van der Waals surface area contributed by atoms with Gasteiger partial charge in [-0.25, -0.2) is 4.79 Å². The van der Waals surface area contributed by atoms with Gasteiger partial charge in [0, 0.05) is 22.4 Å². The first kappa shape index (κ1) is 26.9. The molecule has 0 fully saturated rings. The third-order valence-electron chi connectivity index (χ3n) is 5.74. The van der Waals surface area contributed by atoms with E-state index in [1.165, 1.54) is 11.3 Å². The van der Waals surface area contributed by atoms with E-state index in [4.69, 9.17) is 15.6 Å². The Morgan fingerprint density at radius 1 is 1.22 bits per heavy atom. The Hall–Kier alpha value is -3.67. The van der Waals surface area contributed by atoms with Gasteiger partial charge in [-0.2, -0.15) is 4.98 Å². The molecule has 2 unspecified atom stereocenters. The van der Waals surface area contributed by atoms with E-state index in [1.807, 2.05) is 6.92 Å². The minimum absolute atomic E-state index is 0.0466.